The maximum atomic E-state index is 4.14. The monoisotopic (exact) mass is 252 g/mol. The van der Waals surface area contributed by atoms with Crippen molar-refractivity contribution in [2.45, 2.75) is 0 Å². The molecule has 1 heterocycles. The van der Waals surface area contributed by atoms with Gasteiger partial charge in [0.15, 0.2) is 0 Å². The standard InChI is InChI=1S/C7H13IN2/c1-8-3-4-10-6-7(5-8)9-2/h3,6,9-10H,1,4-5H2,2H3. The maximum absolute atomic E-state index is 4.14. The van der Waals surface area contributed by atoms with Crippen molar-refractivity contribution in [1.29, 1.82) is 0 Å². The molecule has 0 saturated carbocycles. The molecular weight excluding hydrogens is 239 g/mol. The summed E-state index contributed by atoms with van der Waals surface area (Å²) in [4.78, 5) is 0. The van der Waals surface area contributed by atoms with Crippen LogP contribution in [0.2, 0.25) is 0 Å². The van der Waals surface area contributed by atoms with E-state index >= 15 is 0 Å². The summed E-state index contributed by atoms with van der Waals surface area (Å²) in [6.45, 7) is 1.000. The topological polar surface area (TPSA) is 24.1 Å². The summed E-state index contributed by atoms with van der Waals surface area (Å²) in [6, 6.07) is 0. The van der Waals surface area contributed by atoms with Crippen LogP contribution in [0.5, 0.6) is 0 Å². The van der Waals surface area contributed by atoms with Gasteiger partial charge in [-0.05, 0) is 4.01 Å². The van der Waals surface area contributed by atoms with E-state index in [4.69, 9.17) is 0 Å². The zero-order valence-electron chi connectivity index (χ0n) is 6.15. The predicted molar refractivity (Wildman–Crippen MR) is 57.2 cm³/mol. The molecule has 0 atom stereocenters. The Hall–Kier alpha value is -0.190. The summed E-state index contributed by atoms with van der Waals surface area (Å²) >= 11 is -0.940. The Bertz CT molecular complexity index is 212. The van der Waals surface area contributed by atoms with Crippen molar-refractivity contribution < 1.29 is 0 Å². The number of halogens is 1. The van der Waals surface area contributed by atoms with E-state index in [2.05, 4.69) is 25.4 Å². The van der Waals surface area contributed by atoms with Crippen LogP contribution in [0.25, 0.3) is 0 Å². The fourth-order valence-electron chi connectivity index (χ4n) is 0.753. The van der Waals surface area contributed by atoms with Gasteiger partial charge in [-0.1, -0.05) is 4.51 Å². The van der Waals surface area contributed by atoms with Crippen LogP contribution in [0.1, 0.15) is 0 Å². The smallest absolute Gasteiger partial charge is 0.0375 e. The van der Waals surface area contributed by atoms with Gasteiger partial charge in [0, 0.05) is 29.9 Å². The second kappa shape index (κ2) is 3.85. The molecule has 1 aliphatic heterocycles. The Morgan fingerprint density at radius 2 is 2.60 bits per heavy atom. The largest absolute Gasteiger partial charge is 0.390 e. The van der Waals surface area contributed by atoms with Crippen molar-refractivity contribution in [3.8, 4) is 0 Å². The highest BCUT2D eigenvalue weighted by Crippen LogP contribution is 2.10. The highest BCUT2D eigenvalue weighted by molar-refractivity contribution is 14.2. The molecule has 0 fully saturated rings. The lowest BCUT2D eigenvalue weighted by Gasteiger charge is -2.01. The molecule has 2 nitrogen and oxygen atoms in total. The number of hydrogen-bond acceptors (Lipinski definition) is 2. The van der Waals surface area contributed by atoms with E-state index in [1.165, 1.54) is 10.1 Å². The highest BCUT2D eigenvalue weighted by Gasteiger charge is 1.94. The van der Waals surface area contributed by atoms with Gasteiger partial charge in [0.25, 0.3) is 0 Å². The van der Waals surface area contributed by atoms with Crippen LogP contribution >= 0.6 is 18.9 Å². The van der Waals surface area contributed by atoms with Crippen molar-refractivity contribution in [3.05, 3.63) is 11.9 Å². The van der Waals surface area contributed by atoms with Crippen LogP contribution in [0.15, 0.2) is 11.9 Å². The minimum Gasteiger partial charge on any atom is -0.390 e. The zero-order valence-corrected chi connectivity index (χ0v) is 8.31. The summed E-state index contributed by atoms with van der Waals surface area (Å²) in [5, 5.41) is 6.35. The van der Waals surface area contributed by atoms with Crippen LogP contribution in [0.4, 0.5) is 0 Å². The van der Waals surface area contributed by atoms with Crippen LogP contribution in [0.3, 0.4) is 0 Å². The molecule has 2 N–H and O–H groups in total. The van der Waals surface area contributed by atoms with Gasteiger partial charge < -0.3 is 10.6 Å². The SMILES string of the molecule is C=I1=CCNC=C(NC)C1. The fourth-order valence-corrected chi connectivity index (χ4v) is 3.60. The van der Waals surface area contributed by atoms with Gasteiger partial charge in [0.05, 0.1) is 0 Å². The third kappa shape index (κ3) is 2.21. The van der Waals surface area contributed by atoms with Crippen molar-refractivity contribution in [3.63, 3.8) is 0 Å². The Morgan fingerprint density at radius 1 is 1.80 bits per heavy atom. The molecule has 1 rings (SSSR count). The Labute approximate surface area is 68.1 Å². The third-order valence-corrected chi connectivity index (χ3v) is 4.81. The third-order valence-electron chi connectivity index (χ3n) is 1.33. The molecule has 0 spiro atoms. The number of rotatable bonds is 1. The van der Waals surface area contributed by atoms with Crippen molar-refractivity contribution in [1.82, 2.24) is 10.6 Å². The lowest BCUT2D eigenvalue weighted by molar-refractivity contribution is 0.938. The lowest BCUT2D eigenvalue weighted by Crippen LogP contribution is -2.12. The highest BCUT2D eigenvalue weighted by atomic mass is 127. The summed E-state index contributed by atoms with van der Waals surface area (Å²) in [6.07, 6.45) is 2.05. The van der Waals surface area contributed by atoms with Crippen LogP contribution in [-0.2, 0) is 0 Å². The van der Waals surface area contributed by atoms with Gasteiger partial charge in [-0.2, -0.15) is 18.9 Å². The molecule has 0 aliphatic carbocycles. The second-order valence-electron chi connectivity index (χ2n) is 2.11. The van der Waals surface area contributed by atoms with Crippen molar-refractivity contribution in [2.24, 2.45) is 0 Å². The van der Waals surface area contributed by atoms with Gasteiger partial charge in [0.1, 0.15) is 0 Å². The number of alkyl halides is 1. The molecule has 0 aromatic rings. The first-order valence-electron chi connectivity index (χ1n) is 3.20. The molecule has 0 aromatic heterocycles. The lowest BCUT2D eigenvalue weighted by atomic mass is 10.5. The van der Waals surface area contributed by atoms with Crippen LogP contribution in [0, 0.1) is 0 Å². The summed E-state index contributed by atoms with van der Waals surface area (Å²) < 4.78 is 7.65. The maximum Gasteiger partial charge on any atom is 0.0375 e. The predicted octanol–water partition coefficient (Wildman–Crippen LogP) is 0.391. The van der Waals surface area contributed by atoms with Gasteiger partial charge >= 0.3 is 0 Å². The first kappa shape index (κ1) is 7.91. The quantitative estimate of drug-likeness (QED) is 0.521. The molecule has 0 bridgehead atoms. The molecule has 0 amide bonds. The van der Waals surface area contributed by atoms with Crippen molar-refractivity contribution in [2.75, 3.05) is 18.0 Å². The zero-order chi connectivity index (χ0) is 7.40. The average Bonchev–Trinajstić information content (AvgIpc) is 2.13. The number of allylic oxidation sites excluding steroid dienone is 1. The molecule has 0 radical (unpaired) electrons. The minimum atomic E-state index is -0.940. The molecule has 10 heavy (non-hydrogen) atoms. The molecule has 3 heteroatoms. The van der Waals surface area contributed by atoms with Gasteiger partial charge in [-0.15, -0.1) is 0 Å². The van der Waals surface area contributed by atoms with Gasteiger partial charge in [0.2, 0.25) is 0 Å². The normalized spacial score (nSPS) is 19.9. The molecule has 0 aromatic carbocycles. The molecule has 58 valence electrons. The van der Waals surface area contributed by atoms with E-state index in [0.29, 0.717) is 0 Å². The molecular formula is C7H13IN2. The van der Waals surface area contributed by atoms with Gasteiger partial charge in [-0.3, -0.25) is 0 Å². The number of hydrogen-bond donors (Lipinski definition) is 2. The van der Waals surface area contributed by atoms with Crippen molar-refractivity contribution >= 4 is 27.4 Å². The second-order valence-corrected chi connectivity index (χ2v) is 6.60. The molecule has 0 saturated heterocycles. The van der Waals surface area contributed by atoms with E-state index in [1.807, 2.05) is 7.05 Å². The van der Waals surface area contributed by atoms with Gasteiger partial charge in [-0.25, -0.2) is 0 Å². The van der Waals surface area contributed by atoms with Crippen LogP contribution < -0.4 is 10.6 Å². The van der Waals surface area contributed by atoms with E-state index in [1.54, 1.807) is 0 Å². The first-order valence-corrected chi connectivity index (χ1v) is 7.49. The Kier molecular flexibility index (Phi) is 3.05. The van der Waals surface area contributed by atoms with Crippen LogP contribution in [-0.4, -0.2) is 26.5 Å². The first-order chi connectivity index (χ1) is 4.83. The minimum absolute atomic E-state index is 0.940. The summed E-state index contributed by atoms with van der Waals surface area (Å²) in [5.74, 6) is 0. The summed E-state index contributed by atoms with van der Waals surface area (Å²) in [7, 11) is 1.96. The van der Waals surface area contributed by atoms with E-state index < -0.39 is 18.9 Å². The molecule has 1 aliphatic rings. The fraction of sp³-hybridized carbons (Fsp3) is 0.429. The Morgan fingerprint density at radius 3 is 3.30 bits per heavy atom. The van der Waals surface area contributed by atoms with E-state index in [9.17, 15) is 0 Å². The number of nitrogens with one attached hydrogen (secondary N) is 2. The summed E-state index contributed by atoms with van der Waals surface area (Å²) in [5.41, 5.74) is 1.30. The molecule has 0 unspecified atom stereocenters. The Balaban J connectivity index is 2.68. The van der Waals surface area contributed by atoms with E-state index in [-0.39, 0.29) is 0 Å². The van der Waals surface area contributed by atoms with E-state index in [0.717, 1.165) is 6.54 Å². The average molecular weight is 252 g/mol.